The van der Waals surface area contributed by atoms with Gasteiger partial charge in [-0.2, -0.15) is 0 Å². The van der Waals surface area contributed by atoms with E-state index in [4.69, 9.17) is 4.84 Å². The van der Waals surface area contributed by atoms with Gasteiger partial charge in [-0.15, -0.1) is 0 Å². The number of rotatable bonds is 8. The first-order valence-corrected chi connectivity index (χ1v) is 10.7. The molecule has 0 saturated carbocycles. The maximum atomic E-state index is 15.0. The van der Waals surface area contributed by atoms with Crippen molar-refractivity contribution >= 4 is 5.70 Å². The fourth-order valence-corrected chi connectivity index (χ4v) is 3.47. The van der Waals surface area contributed by atoms with Crippen molar-refractivity contribution in [2.24, 2.45) is 0 Å². The molecule has 0 aliphatic carbocycles. The van der Waals surface area contributed by atoms with E-state index in [9.17, 15) is 4.39 Å². The summed E-state index contributed by atoms with van der Waals surface area (Å²) in [4.78, 5) is 7.89. The Hall–Kier alpha value is -2.57. The van der Waals surface area contributed by atoms with Crippen LogP contribution in [0.3, 0.4) is 0 Å². The molecule has 1 aromatic carbocycles. The van der Waals surface area contributed by atoms with Crippen LogP contribution in [0.25, 0.3) is 5.70 Å². The fourth-order valence-electron chi connectivity index (χ4n) is 3.47. The van der Waals surface area contributed by atoms with Gasteiger partial charge in [0.25, 0.3) is 0 Å². The van der Waals surface area contributed by atoms with Gasteiger partial charge in [-0.1, -0.05) is 36.8 Å². The van der Waals surface area contributed by atoms with Gasteiger partial charge in [-0.25, -0.2) is 4.39 Å². The van der Waals surface area contributed by atoms with Crippen molar-refractivity contribution in [1.82, 2.24) is 21.0 Å². The van der Waals surface area contributed by atoms with Crippen molar-refractivity contribution in [3.8, 4) is 0 Å². The maximum absolute atomic E-state index is 15.0. The lowest BCUT2D eigenvalue weighted by Gasteiger charge is -2.24. The minimum absolute atomic E-state index is 0.172. The molecule has 0 amide bonds. The van der Waals surface area contributed by atoms with Gasteiger partial charge in [-0.3, -0.25) is 10.3 Å². The molecule has 3 N–H and O–H groups in total. The van der Waals surface area contributed by atoms with E-state index in [-0.39, 0.29) is 11.9 Å². The molecule has 0 radical (unpaired) electrons. The number of hydrogen-bond acceptors (Lipinski definition) is 5. The summed E-state index contributed by atoms with van der Waals surface area (Å²) in [7, 11) is 0. The molecule has 1 saturated heterocycles. The van der Waals surface area contributed by atoms with Crippen molar-refractivity contribution in [2.45, 2.75) is 52.7 Å². The van der Waals surface area contributed by atoms with Gasteiger partial charge in [0.1, 0.15) is 11.6 Å². The Bertz CT molecular complexity index is 834. The molecule has 5 nitrogen and oxygen atoms in total. The van der Waals surface area contributed by atoms with Crippen molar-refractivity contribution in [2.75, 3.05) is 13.1 Å². The van der Waals surface area contributed by atoms with E-state index in [0.29, 0.717) is 12.1 Å². The number of benzene rings is 1. The molecule has 2 heterocycles. The predicted octanol–water partition coefficient (Wildman–Crippen LogP) is 4.53. The molecule has 1 aromatic rings. The summed E-state index contributed by atoms with van der Waals surface area (Å²) in [5.74, 6) is 0.712. The van der Waals surface area contributed by atoms with Crippen LogP contribution < -0.4 is 16.1 Å². The maximum Gasteiger partial charge on any atom is 0.128 e. The molecule has 6 heteroatoms. The second-order valence-corrected chi connectivity index (χ2v) is 7.83. The van der Waals surface area contributed by atoms with Gasteiger partial charge in [0.15, 0.2) is 0 Å². The Kier molecular flexibility index (Phi) is 8.11. The van der Waals surface area contributed by atoms with Crippen molar-refractivity contribution in [3.63, 3.8) is 0 Å². The van der Waals surface area contributed by atoms with Crippen LogP contribution in [0.1, 0.15) is 51.2 Å². The molecule has 2 aliphatic rings. The van der Waals surface area contributed by atoms with Crippen LogP contribution in [0.2, 0.25) is 0 Å². The normalized spacial score (nSPS) is 18.3. The highest BCUT2D eigenvalue weighted by atomic mass is 19.1. The highest BCUT2D eigenvalue weighted by Crippen LogP contribution is 2.23. The molecule has 0 unspecified atom stereocenters. The SMILES string of the molecule is CC/C=C/C=C1\NC=CN1Cc1ccc(C(NOC2CCNCC2)=C(C)C)cc1F. The topological polar surface area (TPSA) is 48.6 Å². The van der Waals surface area contributed by atoms with E-state index in [2.05, 4.69) is 29.1 Å². The Balaban J connectivity index is 1.68. The largest absolute Gasteiger partial charge is 0.347 e. The first-order valence-electron chi connectivity index (χ1n) is 10.7. The second-order valence-electron chi connectivity index (χ2n) is 7.83. The predicted molar refractivity (Wildman–Crippen MR) is 120 cm³/mol. The quantitative estimate of drug-likeness (QED) is 0.548. The molecule has 3 rings (SSSR count). The van der Waals surface area contributed by atoms with Crippen LogP contribution in [0.5, 0.6) is 0 Å². The lowest BCUT2D eigenvalue weighted by Crippen LogP contribution is -2.35. The smallest absolute Gasteiger partial charge is 0.128 e. The van der Waals surface area contributed by atoms with Gasteiger partial charge in [0, 0.05) is 23.5 Å². The summed E-state index contributed by atoms with van der Waals surface area (Å²) in [6, 6.07) is 5.39. The first-order chi connectivity index (χ1) is 14.6. The number of nitrogens with one attached hydrogen (secondary N) is 3. The first kappa shape index (κ1) is 22.1. The highest BCUT2D eigenvalue weighted by Gasteiger charge is 2.17. The molecule has 2 aliphatic heterocycles. The monoisotopic (exact) mass is 412 g/mol. The molecule has 0 aromatic heterocycles. The molecule has 0 atom stereocenters. The van der Waals surface area contributed by atoms with Gasteiger partial charge in [0.05, 0.1) is 18.3 Å². The van der Waals surface area contributed by atoms with E-state index in [0.717, 1.165) is 55.0 Å². The lowest BCUT2D eigenvalue weighted by molar-refractivity contribution is -0.0118. The molecule has 0 spiro atoms. The third-order valence-electron chi connectivity index (χ3n) is 5.22. The van der Waals surface area contributed by atoms with E-state index < -0.39 is 0 Å². The third kappa shape index (κ3) is 5.97. The van der Waals surface area contributed by atoms with Crippen LogP contribution in [0.4, 0.5) is 4.39 Å². The Morgan fingerprint density at radius 2 is 2.10 bits per heavy atom. The number of nitrogens with zero attached hydrogens (tertiary/aromatic N) is 1. The summed E-state index contributed by atoms with van der Waals surface area (Å²) < 4.78 is 15.0. The Morgan fingerprint density at radius 1 is 1.30 bits per heavy atom. The zero-order chi connectivity index (χ0) is 21.3. The van der Waals surface area contributed by atoms with Crippen LogP contribution in [-0.4, -0.2) is 24.1 Å². The number of hydroxylamine groups is 1. The molecular formula is C24H33FN4O. The van der Waals surface area contributed by atoms with Crippen LogP contribution in [0, 0.1) is 5.82 Å². The molecule has 162 valence electrons. The van der Waals surface area contributed by atoms with Gasteiger partial charge in [-0.05, 0) is 58.3 Å². The Morgan fingerprint density at radius 3 is 2.80 bits per heavy atom. The summed E-state index contributed by atoms with van der Waals surface area (Å²) in [6.07, 6.45) is 13.0. The summed E-state index contributed by atoms with van der Waals surface area (Å²) in [5, 5.41) is 6.52. The van der Waals surface area contributed by atoms with Gasteiger partial charge in [0.2, 0.25) is 0 Å². The zero-order valence-electron chi connectivity index (χ0n) is 18.2. The number of hydrogen-bond donors (Lipinski definition) is 3. The Labute approximate surface area is 179 Å². The van der Waals surface area contributed by atoms with E-state index >= 15 is 0 Å². The summed E-state index contributed by atoms with van der Waals surface area (Å²) >= 11 is 0. The van der Waals surface area contributed by atoms with Crippen molar-refractivity contribution in [1.29, 1.82) is 0 Å². The van der Waals surface area contributed by atoms with Crippen LogP contribution >= 0.6 is 0 Å². The van der Waals surface area contributed by atoms with E-state index in [1.165, 1.54) is 0 Å². The summed E-state index contributed by atoms with van der Waals surface area (Å²) in [6.45, 7) is 8.49. The average molecular weight is 413 g/mol. The number of piperidine rings is 1. The van der Waals surface area contributed by atoms with Crippen molar-refractivity contribution in [3.05, 3.63) is 77.2 Å². The minimum Gasteiger partial charge on any atom is -0.347 e. The average Bonchev–Trinajstić information content (AvgIpc) is 3.18. The van der Waals surface area contributed by atoms with Gasteiger partial charge >= 0.3 is 0 Å². The van der Waals surface area contributed by atoms with E-state index in [1.54, 1.807) is 6.07 Å². The fraction of sp³-hybridized carbons (Fsp3) is 0.417. The van der Waals surface area contributed by atoms with Crippen LogP contribution in [-0.2, 0) is 11.4 Å². The minimum atomic E-state index is -0.223. The molecule has 0 bridgehead atoms. The van der Waals surface area contributed by atoms with Crippen molar-refractivity contribution < 1.29 is 9.23 Å². The highest BCUT2D eigenvalue weighted by molar-refractivity contribution is 5.66. The zero-order valence-corrected chi connectivity index (χ0v) is 18.2. The van der Waals surface area contributed by atoms with Gasteiger partial charge < -0.3 is 15.5 Å². The number of allylic oxidation sites excluding steroid dienone is 4. The standard InChI is InChI=1S/C24H33FN4O/c1-4-5-6-7-23-27-14-15-29(23)17-20-9-8-19(16-22(20)25)24(18(2)3)28-30-21-10-12-26-13-11-21/h5-9,14-16,21,26-28H,4,10-13,17H2,1-3H3/b6-5+,23-7+. The second kappa shape index (κ2) is 11.0. The molecular weight excluding hydrogens is 379 g/mol. The van der Waals surface area contributed by atoms with E-state index in [1.807, 2.05) is 55.4 Å². The van der Waals surface area contributed by atoms with Crippen LogP contribution in [0.15, 0.2) is 60.2 Å². The summed E-state index contributed by atoms with van der Waals surface area (Å²) in [5.41, 5.74) is 6.41. The number of halogens is 1. The molecule has 30 heavy (non-hydrogen) atoms. The lowest BCUT2D eigenvalue weighted by atomic mass is 10.1. The molecule has 1 fully saturated rings. The third-order valence-corrected chi connectivity index (χ3v) is 5.22.